The molecule has 0 aliphatic carbocycles. The summed E-state index contributed by atoms with van der Waals surface area (Å²) in [5.41, 5.74) is 1.42. The molecule has 1 N–H and O–H groups in total. The Hall–Kier alpha value is -2.63. The van der Waals surface area contributed by atoms with Crippen LogP contribution >= 0.6 is 0 Å². The Morgan fingerprint density at radius 1 is 1.33 bits per heavy atom. The third-order valence-electron chi connectivity index (χ3n) is 4.10. The summed E-state index contributed by atoms with van der Waals surface area (Å²) in [5, 5.41) is 3.04. The summed E-state index contributed by atoms with van der Waals surface area (Å²) < 4.78 is 19.4. The zero-order valence-electron chi connectivity index (χ0n) is 13.5. The number of para-hydroxylation sites is 1. The van der Waals surface area contributed by atoms with Gasteiger partial charge in [-0.05, 0) is 37.1 Å². The molecule has 6 heteroatoms. The lowest BCUT2D eigenvalue weighted by Crippen LogP contribution is -2.44. The molecule has 1 saturated heterocycles. The molecule has 0 unspecified atom stereocenters. The highest BCUT2D eigenvalue weighted by Gasteiger charge is 2.27. The van der Waals surface area contributed by atoms with E-state index in [1.54, 1.807) is 18.0 Å². The monoisotopic (exact) mass is 329 g/mol. The summed E-state index contributed by atoms with van der Waals surface area (Å²) in [4.78, 5) is 18.5. The van der Waals surface area contributed by atoms with E-state index in [1.165, 1.54) is 18.3 Å². The van der Waals surface area contributed by atoms with Gasteiger partial charge in [0, 0.05) is 25.5 Å². The summed E-state index contributed by atoms with van der Waals surface area (Å²) in [5.74, 6) is -0.538. The normalized spacial score (nSPS) is 17.4. The Morgan fingerprint density at radius 3 is 2.96 bits per heavy atom. The maximum absolute atomic E-state index is 13.7. The van der Waals surface area contributed by atoms with E-state index in [2.05, 4.69) is 10.3 Å². The van der Waals surface area contributed by atoms with E-state index in [4.69, 9.17) is 4.74 Å². The number of nitrogens with zero attached hydrogens (tertiary/aromatic N) is 2. The van der Waals surface area contributed by atoms with Crippen molar-refractivity contribution in [2.45, 2.75) is 18.9 Å². The van der Waals surface area contributed by atoms with Gasteiger partial charge in [0.2, 0.25) is 0 Å². The smallest absolute Gasteiger partial charge is 0.256 e. The molecule has 1 fully saturated rings. The number of hydrogen-bond acceptors (Lipinski definition) is 4. The Bertz CT molecular complexity index is 723. The molecule has 2 aromatic rings. The highest BCUT2D eigenvalue weighted by molar-refractivity contribution is 5.99. The predicted octanol–water partition coefficient (Wildman–Crippen LogP) is 2.95. The molecule has 2 heterocycles. The largest absolute Gasteiger partial charge is 0.470 e. The minimum atomic E-state index is -0.485. The molecule has 5 nitrogen and oxygen atoms in total. The number of halogens is 1. The molecule has 126 valence electrons. The van der Waals surface area contributed by atoms with Crippen LogP contribution in [0.2, 0.25) is 0 Å². The van der Waals surface area contributed by atoms with Crippen molar-refractivity contribution in [1.82, 2.24) is 9.88 Å². The highest BCUT2D eigenvalue weighted by Crippen LogP contribution is 2.22. The number of amides is 1. The van der Waals surface area contributed by atoms with Crippen LogP contribution in [-0.4, -0.2) is 42.0 Å². The summed E-state index contributed by atoms with van der Waals surface area (Å²) in [6.07, 6.45) is 2.82. The van der Waals surface area contributed by atoms with Crippen LogP contribution in [0, 0.1) is 5.82 Å². The summed E-state index contributed by atoms with van der Waals surface area (Å²) >= 11 is 0. The van der Waals surface area contributed by atoms with Crippen LogP contribution in [-0.2, 0) is 0 Å². The fourth-order valence-corrected chi connectivity index (χ4v) is 2.89. The van der Waals surface area contributed by atoms with Crippen molar-refractivity contribution in [3.63, 3.8) is 0 Å². The van der Waals surface area contributed by atoms with Gasteiger partial charge in [-0.3, -0.25) is 4.79 Å². The number of benzene rings is 1. The van der Waals surface area contributed by atoms with Crippen LogP contribution in [0.3, 0.4) is 0 Å². The van der Waals surface area contributed by atoms with E-state index in [1.807, 2.05) is 18.2 Å². The van der Waals surface area contributed by atoms with Crippen LogP contribution in [0.25, 0.3) is 0 Å². The van der Waals surface area contributed by atoms with Gasteiger partial charge >= 0.3 is 0 Å². The number of carbonyl (C=O) groups excluding carboxylic acids is 1. The van der Waals surface area contributed by atoms with Crippen LogP contribution < -0.4 is 10.1 Å². The number of ether oxygens (including phenoxy) is 1. The molecule has 1 aliphatic rings. The molecule has 1 atom stereocenters. The first-order valence-corrected chi connectivity index (χ1v) is 8.02. The number of carbonyl (C=O) groups is 1. The Labute approximate surface area is 140 Å². The lowest BCUT2D eigenvalue weighted by Gasteiger charge is -2.33. The van der Waals surface area contributed by atoms with Crippen LogP contribution in [0.5, 0.6) is 5.88 Å². The van der Waals surface area contributed by atoms with E-state index in [0.717, 1.165) is 18.5 Å². The molecular formula is C18H20FN3O2. The highest BCUT2D eigenvalue weighted by atomic mass is 19.1. The predicted molar refractivity (Wildman–Crippen MR) is 89.7 cm³/mol. The van der Waals surface area contributed by atoms with E-state index in [9.17, 15) is 9.18 Å². The lowest BCUT2D eigenvalue weighted by molar-refractivity contribution is 0.0519. The second kappa shape index (κ2) is 7.29. The molecule has 0 saturated carbocycles. The number of aromatic nitrogens is 1. The molecule has 0 bridgehead atoms. The number of rotatable bonds is 4. The van der Waals surface area contributed by atoms with Gasteiger partial charge in [0.1, 0.15) is 6.10 Å². The number of likely N-dealkylation sites (tertiary alicyclic amines) is 1. The molecule has 3 rings (SSSR count). The topological polar surface area (TPSA) is 54.5 Å². The molecule has 1 aromatic heterocycles. The van der Waals surface area contributed by atoms with Gasteiger partial charge < -0.3 is 15.0 Å². The zero-order valence-corrected chi connectivity index (χ0v) is 13.5. The first kappa shape index (κ1) is 16.2. The number of pyridine rings is 1. The van der Waals surface area contributed by atoms with Gasteiger partial charge in [-0.25, -0.2) is 9.37 Å². The van der Waals surface area contributed by atoms with Crippen molar-refractivity contribution in [3.05, 3.63) is 54.0 Å². The maximum atomic E-state index is 13.7. The number of anilines is 1. The van der Waals surface area contributed by atoms with Gasteiger partial charge in [-0.2, -0.15) is 0 Å². The minimum absolute atomic E-state index is 0.00701. The number of nitrogens with one attached hydrogen (secondary N) is 1. The van der Waals surface area contributed by atoms with Crippen molar-refractivity contribution in [1.29, 1.82) is 0 Å². The third kappa shape index (κ3) is 3.48. The van der Waals surface area contributed by atoms with E-state index < -0.39 is 5.82 Å². The fraction of sp³-hybridized carbons (Fsp3) is 0.333. The van der Waals surface area contributed by atoms with Gasteiger partial charge in [0.05, 0.1) is 12.1 Å². The standard InChI is InChI=1S/C18H20FN3O2/c1-20-16-9-3-2-7-14(16)18(23)22-11-5-6-13(12-22)24-17-15(19)8-4-10-21-17/h2-4,7-10,13,20H,5-6,11-12H2,1H3/t13-/m1/s1. The zero-order chi connectivity index (χ0) is 16.9. The summed E-state index contributed by atoms with van der Waals surface area (Å²) in [6.45, 7) is 1.09. The molecule has 24 heavy (non-hydrogen) atoms. The Kier molecular flexibility index (Phi) is 4.93. The molecule has 1 aliphatic heterocycles. The van der Waals surface area contributed by atoms with Crippen molar-refractivity contribution in [3.8, 4) is 5.88 Å². The van der Waals surface area contributed by atoms with Crippen LogP contribution in [0.15, 0.2) is 42.6 Å². The van der Waals surface area contributed by atoms with E-state index in [0.29, 0.717) is 18.7 Å². The van der Waals surface area contributed by atoms with Crippen molar-refractivity contribution >= 4 is 11.6 Å². The Morgan fingerprint density at radius 2 is 2.17 bits per heavy atom. The van der Waals surface area contributed by atoms with E-state index >= 15 is 0 Å². The van der Waals surface area contributed by atoms with Gasteiger partial charge in [0.25, 0.3) is 11.8 Å². The van der Waals surface area contributed by atoms with Crippen molar-refractivity contribution in [2.75, 3.05) is 25.5 Å². The van der Waals surface area contributed by atoms with Crippen molar-refractivity contribution < 1.29 is 13.9 Å². The fourth-order valence-electron chi connectivity index (χ4n) is 2.89. The first-order valence-electron chi connectivity index (χ1n) is 8.02. The molecule has 1 amide bonds. The lowest BCUT2D eigenvalue weighted by atomic mass is 10.1. The average molecular weight is 329 g/mol. The summed E-state index contributed by atoms with van der Waals surface area (Å²) in [6, 6.07) is 10.2. The van der Waals surface area contributed by atoms with Crippen LogP contribution in [0.1, 0.15) is 23.2 Å². The first-order chi connectivity index (χ1) is 11.7. The maximum Gasteiger partial charge on any atom is 0.256 e. The second-order valence-corrected chi connectivity index (χ2v) is 5.72. The minimum Gasteiger partial charge on any atom is -0.470 e. The van der Waals surface area contributed by atoms with Gasteiger partial charge in [-0.1, -0.05) is 12.1 Å². The molecule has 0 radical (unpaired) electrons. The second-order valence-electron chi connectivity index (χ2n) is 5.72. The van der Waals surface area contributed by atoms with Gasteiger partial charge in [0.15, 0.2) is 5.82 Å². The molecular weight excluding hydrogens is 309 g/mol. The molecule has 0 spiro atoms. The summed E-state index contributed by atoms with van der Waals surface area (Å²) in [7, 11) is 1.79. The number of piperidine rings is 1. The third-order valence-corrected chi connectivity index (χ3v) is 4.10. The number of hydrogen-bond donors (Lipinski definition) is 1. The quantitative estimate of drug-likeness (QED) is 0.937. The average Bonchev–Trinajstić information content (AvgIpc) is 2.63. The molecule has 1 aromatic carbocycles. The van der Waals surface area contributed by atoms with Gasteiger partial charge in [-0.15, -0.1) is 0 Å². The van der Waals surface area contributed by atoms with Crippen molar-refractivity contribution in [2.24, 2.45) is 0 Å². The Balaban J connectivity index is 1.71. The van der Waals surface area contributed by atoms with E-state index in [-0.39, 0.29) is 17.9 Å². The SMILES string of the molecule is CNc1ccccc1C(=O)N1CCC[C@@H](Oc2ncccc2F)C1. The van der Waals surface area contributed by atoms with Crippen LogP contribution in [0.4, 0.5) is 10.1 Å².